The molecule has 1 aromatic rings. The lowest BCUT2D eigenvalue weighted by Gasteiger charge is -2.36. The zero-order valence-corrected chi connectivity index (χ0v) is 15.8. The highest BCUT2D eigenvalue weighted by molar-refractivity contribution is 7.98. The van der Waals surface area contributed by atoms with Crippen LogP contribution in [0.5, 0.6) is 0 Å². The molecule has 0 aromatic heterocycles. The molecule has 1 aromatic carbocycles. The Kier molecular flexibility index (Phi) is 7.80. The van der Waals surface area contributed by atoms with Gasteiger partial charge in [0.2, 0.25) is 0 Å². The Morgan fingerprint density at radius 1 is 1.44 bits per heavy atom. The normalized spacial score (nSPS) is 13.9. The number of halogens is 1. The summed E-state index contributed by atoms with van der Waals surface area (Å²) in [6.45, 7) is 8.12. The van der Waals surface area contributed by atoms with Crippen molar-refractivity contribution in [2.45, 2.75) is 50.8 Å². The molecule has 0 spiro atoms. The van der Waals surface area contributed by atoms with Gasteiger partial charge in [-0.1, -0.05) is 18.9 Å². The summed E-state index contributed by atoms with van der Waals surface area (Å²) in [6.07, 6.45) is 0.885. The van der Waals surface area contributed by atoms with Crippen LogP contribution in [0.4, 0.5) is 10.1 Å². The lowest BCUT2D eigenvalue weighted by atomic mass is 9.84. The molecule has 0 saturated heterocycles. The van der Waals surface area contributed by atoms with Gasteiger partial charge in [0.05, 0.1) is 23.1 Å². The highest BCUT2D eigenvalue weighted by Gasteiger charge is 2.35. The maximum absolute atomic E-state index is 14.5. The van der Waals surface area contributed by atoms with E-state index in [1.54, 1.807) is 0 Å². The number of nitrogens with zero attached hydrogens (tertiary/aromatic N) is 2. The first kappa shape index (κ1) is 21.4. The Hall–Kier alpha value is -1.69. The first-order valence-electron chi connectivity index (χ1n) is 7.99. The summed E-state index contributed by atoms with van der Waals surface area (Å²) >= 11 is 1.44. The van der Waals surface area contributed by atoms with E-state index in [1.807, 2.05) is 33.8 Å². The van der Waals surface area contributed by atoms with Crippen molar-refractivity contribution in [3.63, 3.8) is 0 Å². The van der Waals surface area contributed by atoms with Gasteiger partial charge in [-0.15, -0.1) is 0 Å². The fraction of sp³-hybridized carbons (Fsp3) is 0.588. The quantitative estimate of drug-likeness (QED) is 0.302. The van der Waals surface area contributed by atoms with E-state index in [-0.39, 0.29) is 29.2 Å². The van der Waals surface area contributed by atoms with E-state index in [9.17, 15) is 14.5 Å². The van der Waals surface area contributed by atoms with Crippen molar-refractivity contribution in [1.82, 2.24) is 4.72 Å². The van der Waals surface area contributed by atoms with Gasteiger partial charge in [0, 0.05) is 22.4 Å². The maximum atomic E-state index is 14.5. The van der Waals surface area contributed by atoms with Crippen molar-refractivity contribution in [2.75, 3.05) is 13.2 Å². The minimum atomic E-state index is -0.844. The largest absolute Gasteiger partial charge is 0.366 e. The Morgan fingerprint density at radius 3 is 2.64 bits per heavy atom. The van der Waals surface area contributed by atoms with Crippen LogP contribution in [0.15, 0.2) is 18.2 Å². The third-order valence-corrected chi connectivity index (χ3v) is 4.78. The number of nitro benzene ring substituents is 1. The Morgan fingerprint density at radius 2 is 2.12 bits per heavy atom. The number of ether oxygens (including phenoxy) is 1. The fourth-order valence-electron chi connectivity index (χ4n) is 2.29. The Balaban J connectivity index is 3.25. The van der Waals surface area contributed by atoms with Crippen LogP contribution in [0, 0.1) is 27.3 Å². The summed E-state index contributed by atoms with van der Waals surface area (Å²) in [4.78, 5) is 10.6. The average molecular weight is 369 g/mol. The fourth-order valence-corrected chi connectivity index (χ4v) is 3.15. The first-order valence-corrected chi connectivity index (χ1v) is 8.81. The second-order valence-corrected chi connectivity index (χ2v) is 8.27. The summed E-state index contributed by atoms with van der Waals surface area (Å²) in [5.41, 5.74) is -0.764. The Bertz CT molecular complexity index is 643. The summed E-state index contributed by atoms with van der Waals surface area (Å²) in [7, 11) is 0. The summed E-state index contributed by atoms with van der Waals surface area (Å²) < 4.78 is 23.0. The molecular formula is C17H24FN3O3S. The molecule has 0 saturated carbocycles. The van der Waals surface area contributed by atoms with Crippen LogP contribution in [0.25, 0.3) is 0 Å². The van der Waals surface area contributed by atoms with E-state index in [0.717, 1.165) is 12.1 Å². The second-order valence-electron chi connectivity index (χ2n) is 6.63. The highest BCUT2D eigenvalue weighted by atomic mass is 32.2. The average Bonchev–Trinajstić information content (AvgIpc) is 2.54. The number of hydrogen-bond acceptors (Lipinski definition) is 6. The first-order chi connectivity index (χ1) is 11.6. The van der Waals surface area contributed by atoms with Crippen LogP contribution in [0.2, 0.25) is 0 Å². The number of hydrogen-bond donors (Lipinski definition) is 1. The number of benzene rings is 1. The van der Waals surface area contributed by atoms with E-state index >= 15 is 0 Å². The third-order valence-electron chi connectivity index (χ3n) is 3.67. The molecule has 0 unspecified atom stereocenters. The van der Waals surface area contributed by atoms with Gasteiger partial charge in [-0.25, -0.2) is 4.39 Å². The Labute approximate surface area is 152 Å². The molecule has 1 N–H and O–H groups in total. The molecule has 1 atom stereocenters. The lowest BCUT2D eigenvalue weighted by Crippen LogP contribution is -2.42. The maximum Gasteiger partial charge on any atom is 0.269 e. The second kappa shape index (κ2) is 9.13. The van der Waals surface area contributed by atoms with Crippen molar-refractivity contribution in [2.24, 2.45) is 0 Å². The molecule has 0 aliphatic rings. The number of nitrogens with one attached hydrogen (secondary N) is 1. The predicted octanol–water partition coefficient (Wildman–Crippen LogP) is 4.31. The molecule has 138 valence electrons. The van der Waals surface area contributed by atoms with Crippen molar-refractivity contribution >= 4 is 17.6 Å². The van der Waals surface area contributed by atoms with Crippen LogP contribution in [-0.4, -0.2) is 22.9 Å². The predicted molar refractivity (Wildman–Crippen MR) is 96.6 cm³/mol. The molecule has 0 fully saturated rings. The van der Waals surface area contributed by atoms with E-state index in [2.05, 4.69) is 4.72 Å². The molecule has 0 heterocycles. The van der Waals surface area contributed by atoms with Gasteiger partial charge in [-0.05, 0) is 39.7 Å². The summed E-state index contributed by atoms with van der Waals surface area (Å²) in [5, 5.41) is 19.7. The molecular weight excluding hydrogens is 345 g/mol. The minimum Gasteiger partial charge on any atom is -0.366 e. The van der Waals surface area contributed by atoms with E-state index in [1.165, 1.54) is 18.0 Å². The molecule has 25 heavy (non-hydrogen) atoms. The van der Waals surface area contributed by atoms with Crippen molar-refractivity contribution in [1.29, 1.82) is 5.26 Å². The minimum absolute atomic E-state index is 0.0520. The third kappa shape index (κ3) is 6.27. The molecule has 1 rings (SSSR count). The van der Waals surface area contributed by atoms with Crippen LogP contribution in [0.1, 0.15) is 46.1 Å². The monoisotopic (exact) mass is 369 g/mol. The zero-order valence-electron chi connectivity index (χ0n) is 15.0. The van der Waals surface area contributed by atoms with Gasteiger partial charge in [0.15, 0.2) is 0 Å². The van der Waals surface area contributed by atoms with E-state index in [0.29, 0.717) is 12.8 Å². The van der Waals surface area contributed by atoms with Gasteiger partial charge in [0.1, 0.15) is 12.4 Å². The van der Waals surface area contributed by atoms with E-state index < -0.39 is 16.3 Å². The molecule has 0 amide bonds. The molecule has 0 radical (unpaired) electrons. The van der Waals surface area contributed by atoms with Crippen LogP contribution in [-0.2, 0) is 10.3 Å². The van der Waals surface area contributed by atoms with E-state index in [4.69, 9.17) is 10.00 Å². The van der Waals surface area contributed by atoms with Gasteiger partial charge in [-0.2, -0.15) is 5.26 Å². The van der Waals surface area contributed by atoms with Crippen LogP contribution in [0.3, 0.4) is 0 Å². The standard InChI is InChI=1S/C17H24FN3O3S/c1-5-17(8-10-24-11-9-19,20-25-16(2,3)4)14-12-13(21(22)23)6-7-15(14)18/h6-7,12,20H,5,8,10-11H2,1-4H3/t17-/m0/s1. The molecule has 0 aliphatic carbocycles. The molecule has 8 heteroatoms. The van der Waals surface area contributed by atoms with Crippen molar-refractivity contribution in [3.8, 4) is 6.07 Å². The lowest BCUT2D eigenvalue weighted by molar-refractivity contribution is -0.385. The highest BCUT2D eigenvalue weighted by Crippen LogP contribution is 2.37. The van der Waals surface area contributed by atoms with Crippen LogP contribution >= 0.6 is 11.9 Å². The molecule has 6 nitrogen and oxygen atoms in total. The number of rotatable bonds is 9. The summed E-state index contributed by atoms with van der Waals surface area (Å²) in [5.74, 6) is -0.505. The van der Waals surface area contributed by atoms with Crippen LogP contribution < -0.4 is 4.72 Å². The smallest absolute Gasteiger partial charge is 0.269 e. The van der Waals surface area contributed by atoms with Crippen molar-refractivity contribution < 1.29 is 14.1 Å². The zero-order chi connectivity index (χ0) is 19.1. The summed E-state index contributed by atoms with van der Waals surface area (Å²) in [6, 6.07) is 5.45. The molecule has 0 aliphatic heterocycles. The number of nitriles is 1. The number of non-ortho nitro benzene ring substituents is 1. The van der Waals surface area contributed by atoms with Crippen molar-refractivity contribution in [3.05, 3.63) is 39.7 Å². The van der Waals surface area contributed by atoms with Gasteiger partial charge in [-0.3, -0.25) is 14.8 Å². The van der Waals surface area contributed by atoms with Gasteiger partial charge in [0.25, 0.3) is 5.69 Å². The number of nitro groups is 1. The topological polar surface area (TPSA) is 88.2 Å². The van der Waals surface area contributed by atoms with Gasteiger partial charge < -0.3 is 4.74 Å². The SMILES string of the molecule is CC[C@@](CCOCC#N)(NSC(C)(C)C)c1cc([N+](=O)[O-])ccc1F. The van der Waals surface area contributed by atoms with Gasteiger partial charge >= 0.3 is 0 Å². The molecule has 0 bridgehead atoms.